The van der Waals surface area contributed by atoms with Gasteiger partial charge in [-0.1, -0.05) is 20.4 Å². The normalized spacial score (nSPS) is 9.78. The molecular weight excluding hydrogens is 112 g/mol. The third-order valence-electron chi connectivity index (χ3n) is 0.905. The molecule has 1 heteroatoms. The van der Waals surface area contributed by atoms with E-state index in [1.165, 1.54) is 0 Å². The van der Waals surface area contributed by atoms with Gasteiger partial charge in [0.15, 0.2) is 5.78 Å². The molecule has 0 rings (SSSR count). The molecule has 1 radical (unpaired) electrons. The van der Waals surface area contributed by atoms with Crippen LogP contribution in [0.4, 0.5) is 0 Å². The van der Waals surface area contributed by atoms with E-state index in [4.69, 9.17) is 0 Å². The zero-order valence-corrected chi connectivity index (χ0v) is 6.27. The van der Waals surface area contributed by atoms with Gasteiger partial charge >= 0.3 is 0 Å². The Balaban J connectivity index is 3.65. The number of ketones is 1. The Morgan fingerprint density at radius 3 is 2.11 bits per heavy atom. The van der Waals surface area contributed by atoms with Gasteiger partial charge in [-0.15, -0.1) is 0 Å². The smallest absolute Gasteiger partial charge is 0.162 e. The van der Waals surface area contributed by atoms with Gasteiger partial charge in [-0.25, -0.2) is 0 Å². The lowest BCUT2D eigenvalue weighted by Crippen LogP contribution is -2.03. The van der Waals surface area contributed by atoms with E-state index >= 15 is 0 Å². The Morgan fingerprint density at radius 1 is 1.56 bits per heavy atom. The van der Waals surface area contributed by atoms with Crippen molar-refractivity contribution >= 4 is 5.78 Å². The van der Waals surface area contributed by atoms with E-state index in [-0.39, 0.29) is 5.78 Å². The maximum absolute atomic E-state index is 10.8. The fourth-order valence-electron chi connectivity index (χ4n) is 0.445. The molecular formula is C8H13O. The van der Waals surface area contributed by atoms with Gasteiger partial charge in [-0.05, 0) is 18.4 Å². The Morgan fingerprint density at radius 2 is 2.00 bits per heavy atom. The molecule has 9 heavy (non-hydrogen) atoms. The van der Waals surface area contributed by atoms with Gasteiger partial charge < -0.3 is 0 Å². The van der Waals surface area contributed by atoms with Gasteiger partial charge in [0, 0.05) is 6.42 Å². The van der Waals surface area contributed by atoms with Crippen molar-refractivity contribution in [3.05, 3.63) is 18.6 Å². The van der Waals surface area contributed by atoms with Gasteiger partial charge in [0.2, 0.25) is 0 Å². The molecule has 0 aromatic carbocycles. The second-order valence-corrected chi connectivity index (χ2v) is 2.56. The number of carbonyl (C=O) groups is 1. The molecule has 51 valence electrons. The van der Waals surface area contributed by atoms with Crippen LogP contribution in [0.3, 0.4) is 0 Å². The summed E-state index contributed by atoms with van der Waals surface area (Å²) < 4.78 is 0. The van der Waals surface area contributed by atoms with Gasteiger partial charge in [0.1, 0.15) is 0 Å². The highest BCUT2D eigenvalue weighted by atomic mass is 16.1. The van der Waals surface area contributed by atoms with Crippen LogP contribution in [-0.4, -0.2) is 5.78 Å². The van der Waals surface area contributed by atoms with E-state index in [2.05, 4.69) is 6.58 Å². The van der Waals surface area contributed by atoms with Crippen LogP contribution in [0, 0.1) is 12.3 Å². The average molecular weight is 125 g/mol. The largest absolute Gasteiger partial charge is 0.294 e. The molecule has 0 bridgehead atoms. The number of allylic oxidation sites excluding steroid dienone is 1. The first-order valence-corrected chi connectivity index (χ1v) is 3.08. The summed E-state index contributed by atoms with van der Waals surface area (Å²) in [7, 11) is 0. The van der Waals surface area contributed by atoms with Crippen LogP contribution in [-0.2, 0) is 4.79 Å². The molecule has 1 nitrogen and oxygen atoms in total. The summed E-state index contributed by atoms with van der Waals surface area (Å²) in [6.45, 7) is 9.20. The number of hydrogen-bond acceptors (Lipinski definition) is 1. The minimum atomic E-state index is 0.0602. The zero-order valence-electron chi connectivity index (χ0n) is 6.27. The Labute approximate surface area is 56.8 Å². The highest BCUT2D eigenvalue weighted by molar-refractivity contribution is 6.00. The van der Waals surface area contributed by atoms with Gasteiger partial charge in [0.05, 0.1) is 0 Å². The SMILES string of the molecule is C=C(C)C(=O)[CH]C(C)C. The van der Waals surface area contributed by atoms with Gasteiger partial charge in [0.25, 0.3) is 0 Å². The molecule has 0 heterocycles. The first-order chi connectivity index (χ1) is 4.04. The summed E-state index contributed by atoms with van der Waals surface area (Å²) in [5, 5.41) is 0. The number of Topliss-reactive ketones (excluding diaryl/α,β-unsaturated/α-hetero) is 1. The third-order valence-corrected chi connectivity index (χ3v) is 0.905. The summed E-state index contributed by atoms with van der Waals surface area (Å²) in [5.41, 5.74) is 0.615. The highest BCUT2D eigenvalue weighted by Crippen LogP contribution is 2.02. The number of rotatable bonds is 3. The van der Waals surface area contributed by atoms with Crippen molar-refractivity contribution in [2.75, 3.05) is 0 Å². The van der Waals surface area contributed by atoms with E-state index in [1.54, 1.807) is 13.3 Å². The predicted octanol–water partition coefficient (Wildman–Crippen LogP) is 1.99. The predicted molar refractivity (Wildman–Crippen MR) is 39.0 cm³/mol. The fourth-order valence-corrected chi connectivity index (χ4v) is 0.445. The van der Waals surface area contributed by atoms with Crippen LogP contribution in [0.15, 0.2) is 12.2 Å². The number of carbonyl (C=O) groups excluding carboxylic acids is 1. The quantitative estimate of drug-likeness (QED) is 0.527. The average Bonchev–Trinajstić information content (AvgIpc) is 1.63. The summed E-state index contributed by atoms with van der Waals surface area (Å²) in [6.07, 6.45) is 1.67. The Bertz CT molecular complexity index is 123. The summed E-state index contributed by atoms with van der Waals surface area (Å²) in [4.78, 5) is 10.8. The molecule has 0 N–H and O–H groups in total. The highest BCUT2D eigenvalue weighted by Gasteiger charge is 2.04. The molecule has 0 fully saturated rings. The molecule has 0 saturated carbocycles. The van der Waals surface area contributed by atoms with E-state index in [1.807, 2.05) is 13.8 Å². The minimum absolute atomic E-state index is 0.0602. The van der Waals surface area contributed by atoms with Crippen molar-refractivity contribution in [1.29, 1.82) is 0 Å². The van der Waals surface area contributed by atoms with Crippen molar-refractivity contribution in [2.45, 2.75) is 20.8 Å². The molecule has 0 spiro atoms. The minimum Gasteiger partial charge on any atom is -0.294 e. The molecule has 0 aliphatic rings. The van der Waals surface area contributed by atoms with Crippen LogP contribution in [0.5, 0.6) is 0 Å². The van der Waals surface area contributed by atoms with Crippen LogP contribution in [0.25, 0.3) is 0 Å². The summed E-state index contributed by atoms with van der Waals surface area (Å²) in [5.74, 6) is 0.388. The first kappa shape index (κ1) is 8.41. The van der Waals surface area contributed by atoms with Gasteiger partial charge in [-0.2, -0.15) is 0 Å². The molecule has 0 aliphatic heterocycles. The maximum Gasteiger partial charge on any atom is 0.162 e. The van der Waals surface area contributed by atoms with Gasteiger partial charge in [-0.3, -0.25) is 4.79 Å². The van der Waals surface area contributed by atoms with Crippen molar-refractivity contribution in [2.24, 2.45) is 5.92 Å². The van der Waals surface area contributed by atoms with E-state index in [0.29, 0.717) is 11.5 Å². The van der Waals surface area contributed by atoms with Crippen LogP contribution >= 0.6 is 0 Å². The molecule has 0 aromatic rings. The third kappa shape index (κ3) is 3.95. The molecule has 0 saturated heterocycles. The van der Waals surface area contributed by atoms with Crippen LogP contribution < -0.4 is 0 Å². The van der Waals surface area contributed by atoms with Crippen molar-refractivity contribution in [3.63, 3.8) is 0 Å². The van der Waals surface area contributed by atoms with Crippen molar-refractivity contribution in [1.82, 2.24) is 0 Å². The lowest BCUT2D eigenvalue weighted by atomic mass is 10.0. The van der Waals surface area contributed by atoms with Crippen molar-refractivity contribution in [3.8, 4) is 0 Å². The first-order valence-electron chi connectivity index (χ1n) is 3.08. The number of hydrogen-bond donors (Lipinski definition) is 0. The lowest BCUT2D eigenvalue weighted by molar-refractivity contribution is -0.112. The van der Waals surface area contributed by atoms with Crippen molar-refractivity contribution < 1.29 is 4.79 Å². The maximum atomic E-state index is 10.8. The van der Waals surface area contributed by atoms with E-state index in [9.17, 15) is 4.79 Å². The van der Waals surface area contributed by atoms with Crippen LogP contribution in [0.1, 0.15) is 20.8 Å². The zero-order chi connectivity index (χ0) is 7.44. The Hall–Kier alpha value is -0.590. The molecule has 0 atom stereocenters. The molecule has 0 aliphatic carbocycles. The monoisotopic (exact) mass is 125 g/mol. The lowest BCUT2D eigenvalue weighted by Gasteiger charge is -2.00. The fraction of sp³-hybridized carbons (Fsp3) is 0.500. The van der Waals surface area contributed by atoms with Crippen LogP contribution in [0.2, 0.25) is 0 Å². The standard InChI is InChI=1S/C8H13O/c1-6(2)5-8(9)7(3)4/h5-6H,3H2,1-2,4H3. The van der Waals surface area contributed by atoms with E-state index < -0.39 is 0 Å². The Kier molecular flexibility index (Phi) is 3.21. The topological polar surface area (TPSA) is 17.1 Å². The molecule has 0 amide bonds. The summed E-state index contributed by atoms with van der Waals surface area (Å²) >= 11 is 0. The second-order valence-electron chi connectivity index (χ2n) is 2.56. The second kappa shape index (κ2) is 3.44. The van der Waals surface area contributed by atoms with E-state index in [0.717, 1.165) is 0 Å². The molecule has 0 unspecified atom stereocenters. The summed E-state index contributed by atoms with van der Waals surface area (Å²) in [6, 6.07) is 0. The molecule has 0 aromatic heterocycles.